The first kappa shape index (κ1) is 17.6. The molecule has 2 atom stereocenters. The summed E-state index contributed by atoms with van der Waals surface area (Å²) in [4.78, 5) is 12.2. The Labute approximate surface area is 137 Å². The fourth-order valence-corrected chi connectivity index (χ4v) is 2.87. The highest BCUT2D eigenvalue weighted by Gasteiger charge is 2.26. The van der Waals surface area contributed by atoms with Crippen LogP contribution in [0, 0.1) is 5.92 Å². The average molecular weight is 322 g/mol. The molecule has 1 aliphatic rings. The number of hydrogen-bond acceptors (Lipinski definition) is 5. The van der Waals surface area contributed by atoms with Crippen LogP contribution < -0.4 is 20.5 Å². The lowest BCUT2D eigenvalue weighted by molar-refractivity contribution is -0.117. The summed E-state index contributed by atoms with van der Waals surface area (Å²) < 4.78 is 15.9. The molecule has 0 saturated heterocycles. The Balaban J connectivity index is 1.95. The Bertz CT molecular complexity index is 521. The third kappa shape index (κ3) is 5.11. The molecule has 1 aromatic rings. The lowest BCUT2D eigenvalue weighted by atomic mass is 10.00. The van der Waals surface area contributed by atoms with E-state index in [9.17, 15) is 4.79 Å². The van der Waals surface area contributed by atoms with Crippen molar-refractivity contribution in [2.75, 3.05) is 32.8 Å². The van der Waals surface area contributed by atoms with Crippen molar-refractivity contribution in [3.05, 3.63) is 18.2 Å². The van der Waals surface area contributed by atoms with Crippen molar-refractivity contribution in [1.82, 2.24) is 0 Å². The fourth-order valence-electron chi connectivity index (χ4n) is 2.87. The highest BCUT2D eigenvalue weighted by atomic mass is 16.5. The maximum Gasteiger partial charge on any atom is 0.224 e. The van der Waals surface area contributed by atoms with Gasteiger partial charge in [0.05, 0.1) is 13.7 Å². The van der Waals surface area contributed by atoms with Gasteiger partial charge in [-0.05, 0) is 30.9 Å². The summed E-state index contributed by atoms with van der Waals surface area (Å²) in [6.45, 7) is 0.903. The van der Waals surface area contributed by atoms with Crippen LogP contribution in [0.4, 0.5) is 5.69 Å². The van der Waals surface area contributed by atoms with E-state index in [1.165, 1.54) is 0 Å². The van der Waals surface area contributed by atoms with E-state index in [2.05, 4.69) is 5.32 Å². The molecule has 0 bridgehead atoms. The quantitative estimate of drug-likeness (QED) is 0.717. The first-order valence-electron chi connectivity index (χ1n) is 7.99. The molecular formula is C17H26N2O4. The summed E-state index contributed by atoms with van der Waals surface area (Å²) in [7, 11) is 3.20. The van der Waals surface area contributed by atoms with Crippen LogP contribution in [0.1, 0.15) is 25.7 Å². The molecule has 0 aliphatic heterocycles. The predicted molar refractivity (Wildman–Crippen MR) is 88.9 cm³/mol. The van der Waals surface area contributed by atoms with Crippen molar-refractivity contribution in [1.29, 1.82) is 0 Å². The first-order chi connectivity index (χ1) is 11.1. The minimum atomic E-state index is -0.0136. The lowest BCUT2D eigenvalue weighted by Gasteiger charge is -2.16. The van der Waals surface area contributed by atoms with E-state index >= 15 is 0 Å². The van der Waals surface area contributed by atoms with Crippen LogP contribution >= 0.6 is 0 Å². The number of nitrogens with two attached hydrogens (primary N) is 1. The van der Waals surface area contributed by atoms with Gasteiger partial charge in [0.2, 0.25) is 5.91 Å². The summed E-state index contributed by atoms with van der Waals surface area (Å²) in [5, 5.41) is 2.91. The van der Waals surface area contributed by atoms with Crippen LogP contribution in [0.5, 0.6) is 11.5 Å². The number of anilines is 1. The van der Waals surface area contributed by atoms with Gasteiger partial charge in [0.15, 0.2) is 11.5 Å². The van der Waals surface area contributed by atoms with Crippen molar-refractivity contribution in [3.63, 3.8) is 0 Å². The van der Waals surface area contributed by atoms with Crippen molar-refractivity contribution in [2.24, 2.45) is 11.7 Å². The molecule has 6 heteroatoms. The van der Waals surface area contributed by atoms with Crippen molar-refractivity contribution in [3.8, 4) is 11.5 Å². The minimum Gasteiger partial charge on any atom is -0.493 e. The van der Waals surface area contributed by atoms with Crippen LogP contribution in [0.25, 0.3) is 0 Å². The minimum absolute atomic E-state index is 0.0136. The normalized spacial score (nSPS) is 20.3. The molecule has 1 fully saturated rings. The monoisotopic (exact) mass is 322 g/mol. The molecule has 23 heavy (non-hydrogen) atoms. The number of methoxy groups -OCH3 is 2. The second-order valence-corrected chi connectivity index (χ2v) is 5.81. The van der Waals surface area contributed by atoms with Crippen molar-refractivity contribution < 1.29 is 19.0 Å². The number of carbonyl (C=O) groups is 1. The van der Waals surface area contributed by atoms with Crippen LogP contribution in [-0.2, 0) is 9.53 Å². The number of carbonyl (C=O) groups excluding carboxylic acids is 1. The Hall–Kier alpha value is -1.79. The van der Waals surface area contributed by atoms with E-state index in [-0.39, 0.29) is 17.9 Å². The number of hydrogen-bond donors (Lipinski definition) is 2. The van der Waals surface area contributed by atoms with Gasteiger partial charge in [0, 0.05) is 31.3 Å². The molecule has 1 amide bonds. The molecule has 0 aromatic heterocycles. The molecular weight excluding hydrogens is 296 g/mol. The highest BCUT2D eigenvalue weighted by Crippen LogP contribution is 2.31. The zero-order valence-electron chi connectivity index (χ0n) is 13.8. The van der Waals surface area contributed by atoms with E-state index in [1.807, 2.05) is 0 Å². The van der Waals surface area contributed by atoms with Crippen LogP contribution in [0.15, 0.2) is 18.2 Å². The largest absolute Gasteiger partial charge is 0.493 e. The Morgan fingerprint density at radius 3 is 2.74 bits per heavy atom. The molecule has 2 rings (SSSR count). The van der Waals surface area contributed by atoms with Gasteiger partial charge in [-0.25, -0.2) is 0 Å². The zero-order valence-corrected chi connectivity index (χ0v) is 13.8. The summed E-state index contributed by atoms with van der Waals surface area (Å²) in [5.74, 6) is 1.47. The van der Waals surface area contributed by atoms with Crippen LogP contribution in [0.3, 0.4) is 0 Å². The summed E-state index contributed by atoms with van der Waals surface area (Å²) in [5.41, 5.74) is 6.71. The molecule has 0 spiro atoms. The maximum absolute atomic E-state index is 12.2. The molecule has 0 unspecified atom stereocenters. The molecule has 3 N–H and O–H groups in total. The first-order valence-corrected chi connectivity index (χ1v) is 7.99. The number of ether oxygens (including phenoxy) is 3. The van der Waals surface area contributed by atoms with Crippen LogP contribution in [0.2, 0.25) is 0 Å². The number of amides is 1. The molecule has 0 radical (unpaired) electrons. The second kappa shape index (κ2) is 8.74. The van der Waals surface area contributed by atoms with Crippen LogP contribution in [-0.4, -0.2) is 39.4 Å². The number of rotatable bonds is 8. The van der Waals surface area contributed by atoms with Gasteiger partial charge in [-0.15, -0.1) is 0 Å². The topological polar surface area (TPSA) is 82.8 Å². The number of benzene rings is 1. The Morgan fingerprint density at radius 1 is 1.26 bits per heavy atom. The van der Waals surface area contributed by atoms with Crippen molar-refractivity contribution in [2.45, 2.75) is 31.7 Å². The Kier molecular flexibility index (Phi) is 6.67. The molecule has 6 nitrogen and oxygen atoms in total. The van der Waals surface area contributed by atoms with Gasteiger partial charge in [-0.3, -0.25) is 4.79 Å². The van der Waals surface area contributed by atoms with Gasteiger partial charge in [0.1, 0.15) is 6.61 Å². The summed E-state index contributed by atoms with van der Waals surface area (Å²) in [6, 6.07) is 5.48. The van der Waals surface area contributed by atoms with Gasteiger partial charge in [0.25, 0.3) is 0 Å². The smallest absolute Gasteiger partial charge is 0.224 e. The number of nitrogens with one attached hydrogen (secondary N) is 1. The van der Waals surface area contributed by atoms with E-state index < -0.39 is 0 Å². The van der Waals surface area contributed by atoms with Gasteiger partial charge in [-0.2, -0.15) is 0 Å². The summed E-state index contributed by atoms with van der Waals surface area (Å²) in [6.07, 6.45) is 3.62. The van der Waals surface area contributed by atoms with E-state index in [1.54, 1.807) is 32.4 Å². The molecule has 1 aliphatic carbocycles. The van der Waals surface area contributed by atoms with Crippen molar-refractivity contribution >= 4 is 11.6 Å². The standard InChI is InChI=1S/C17H26N2O4/c1-21-8-9-23-16-11-13(6-7-15(16)22-2)19-17(20)10-12-4-3-5-14(12)18/h6-7,11-12,14H,3-5,8-10,18H2,1-2H3,(H,19,20)/t12-,14+/m0/s1. The average Bonchev–Trinajstić information content (AvgIpc) is 2.93. The fraction of sp³-hybridized carbons (Fsp3) is 0.588. The second-order valence-electron chi connectivity index (χ2n) is 5.81. The van der Waals surface area contributed by atoms with E-state index in [4.69, 9.17) is 19.9 Å². The highest BCUT2D eigenvalue weighted by molar-refractivity contribution is 5.91. The van der Waals surface area contributed by atoms with Gasteiger partial charge in [-0.1, -0.05) is 6.42 Å². The lowest BCUT2D eigenvalue weighted by Crippen LogP contribution is -2.28. The zero-order chi connectivity index (χ0) is 16.7. The molecule has 128 valence electrons. The third-order valence-electron chi connectivity index (χ3n) is 4.16. The van der Waals surface area contributed by atoms with Gasteiger partial charge >= 0.3 is 0 Å². The van der Waals surface area contributed by atoms with E-state index in [0.717, 1.165) is 19.3 Å². The van der Waals surface area contributed by atoms with E-state index in [0.29, 0.717) is 36.8 Å². The predicted octanol–water partition coefficient (Wildman–Crippen LogP) is 2.18. The SMILES string of the molecule is COCCOc1cc(NC(=O)C[C@@H]2CCC[C@H]2N)ccc1OC. The molecule has 1 aromatic carbocycles. The van der Waals surface area contributed by atoms with Gasteiger partial charge < -0.3 is 25.3 Å². The third-order valence-corrected chi connectivity index (χ3v) is 4.16. The Morgan fingerprint density at radius 2 is 2.09 bits per heavy atom. The molecule has 0 heterocycles. The molecule has 1 saturated carbocycles. The maximum atomic E-state index is 12.2. The summed E-state index contributed by atoms with van der Waals surface area (Å²) >= 11 is 0.